The molecule has 0 aliphatic carbocycles. The van der Waals surface area contributed by atoms with Gasteiger partial charge in [-0.25, -0.2) is 15.0 Å². The molecule has 2 aromatic rings. The van der Waals surface area contributed by atoms with Gasteiger partial charge < -0.3 is 5.32 Å². The lowest BCUT2D eigenvalue weighted by atomic mass is 10.1. The molecule has 114 valence electrons. The van der Waals surface area contributed by atoms with E-state index >= 15 is 0 Å². The molecule has 1 N–H and O–H groups in total. The molecule has 2 aromatic heterocycles. The lowest BCUT2D eigenvalue weighted by molar-refractivity contribution is 0.425. The normalized spacial score (nSPS) is 11.9. The first-order valence-electron chi connectivity index (χ1n) is 7.41. The van der Waals surface area contributed by atoms with E-state index in [0.29, 0.717) is 0 Å². The van der Waals surface area contributed by atoms with E-state index < -0.39 is 0 Å². The van der Waals surface area contributed by atoms with Crippen LogP contribution in [0.5, 0.6) is 0 Å². The summed E-state index contributed by atoms with van der Waals surface area (Å²) in [6.45, 7) is 11.6. The van der Waals surface area contributed by atoms with E-state index in [0.717, 1.165) is 35.8 Å². The van der Waals surface area contributed by atoms with Crippen LogP contribution < -0.4 is 5.32 Å². The van der Waals surface area contributed by atoms with E-state index in [4.69, 9.17) is 4.98 Å². The minimum absolute atomic E-state index is 0.105. The molecule has 0 fully saturated rings. The number of hydrogen-bond acceptors (Lipinski definition) is 5. The molecule has 2 rings (SSSR count). The molecule has 0 aromatic carbocycles. The lowest BCUT2D eigenvalue weighted by Gasteiger charge is -2.20. The van der Waals surface area contributed by atoms with E-state index in [2.05, 4.69) is 43.0 Å². The highest BCUT2D eigenvalue weighted by atomic mass is 32.1. The second kappa shape index (κ2) is 6.62. The topological polar surface area (TPSA) is 50.7 Å². The van der Waals surface area contributed by atoms with Gasteiger partial charge in [0.05, 0.1) is 5.69 Å². The van der Waals surface area contributed by atoms with Crippen LogP contribution >= 0.6 is 11.3 Å². The Hall–Kier alpha value is -1.33. The molecule has 0 radical (unpaired) electrons. The van der Waals surface area contributed by atoms with E-state index in [-0.39, 0.29) is 5.54 Å². The molecule has 0 spiro atoms. The average Bonchev–Trinajstić information content (AvgIpc) is 2.80. The first-order chi connectivity index (χ1) is 9.89. The van der Waals surface area contributed by atoms with Crippen molar-refractivity contribution in [1.29, 1.82) is 0 Å². The van der Waals surface area contributed by atoms with Crippen molar-refractivity contribution in [2.24, 2.45) is 0 Å². The van der Waals surface area contributed by atoms with Crippen molar-refractivity contribution in [3.8, 4) is 10.8 Å². The highest BCUT2D eigenvalue weighted by molar-refractivity contribution is 7.15. The van der Waals surface area contributed by atoms with Gasteiger partial charge in [-0.05, 0) is 39.7 Å². The standard InChI is InChI=1S/C16H24N4S/c1-6-7-12-13(10-19-16(3,4)5)21-15(20-12)14-17-8-11(2)9-18-14/h8-9,19H,6-7,10H2,1-5H3. The van der Waals surface area contributed by atoms with Crippen molar-refractivity contribution in [2.75, 3.05) is 0 Å². The van der Waals surface area contributed by atoms with Gasteiger partial charge in [-0.3, -0.25) is 0 Å². The van der Waals surface area contributed by atoms with Gasteiger partial charge in [0.2, 0.25) is 0 Å². The Balaban J connectivity index is 2.25. The van der Waals surface area contributed by atoms with E-state index in [9.17, 15) is 0 Å². The molecular formula is C16H24N4S. The fourth-order valence-electron chi connectivity index (χ4n) is 1.90. The molecule has 0 aliphatic rings. The Bertz CT molecular complexity index is 581. The lowest BCUT2D eigenvalue weighted by Crippen LogP contribution is -2.35. The van der Waals surface area contributed by atoms with Crippen LogP contribution in [0.3, 0.4) is 0 Å². The van der Waals surface area contributed by atoms with Crippen molar-refractivity contribution in [3.05, 3.63) is 28.5 Å². The zero-order valence-electron chi connectivity index (χ0n) is 13.5. The number of hydrogen-bond donors (Lipinski definition) is 1. The highest BCUT2D eigenvalue weighted by Gasteiger charge is 2.16. The van der Waals surface area contributed by atoms with Crippen molar-refractivity contribution in [1.82, 2.24) is 20.3 Å². The molecule has 0 atom stereocenters. The first-order valence-corrected chi connectivity index (χ1v) is 8.23. The van der Waals surface area contributed by atoms with Gasteiger partial charge >= 0.3 is 0 Å². The molecule has 5 heteroatoms. The number of aromatic nitrogens is 3. The third-order valence-electron chi connectivity index (χ3n) is 3.02. The Morgan fingerprint density at radius 3 is 2.43 bits per heavy atom. The zero-order valence-corrected chi connectivity index (χ0v) is 14.3. The minimum atomic E-state index is 0.105. The van der Waals surface area contributed by atoms with Crippen molar-refractivity contribution < 1.29 is 0 Å². The highest BCUT2D eigenvalue weighted by Crippen LogP contribution is 2.27. The van der Waals surface area contributed by atoms with Crippen molar-refractivity contribution >= 4 is 11.3 Å². The van der Waals surface area contributed by atoms with Gasteiger partial charge in [-0.2, -0.15) is 0 Å². The Morgan fingerprint density at radius 2 is 1.86 bits per heavy atom. The van der Waals surface area contributed by atoms with Gasteiger partial charge in [-0.1, -0.05) is 13.3 Å². The summed E-state index contributed by atoms with van der Waals surface area (Å²) in [5.41, 5.74) is 2.35. The predicted octanol–water partition coefficient (Wildman–Crippen LogP) is 3.75. The molecule has 0 bridgehead atoms. The Kier molecular flexibility index (Phi) is 5.06. The maximum absolute atomic E-state index is 4.75. The molecule has 0 aliphatic heterocycles. The van der Waals surface area contributed by atoms with Crippen LogP contribution in [0.4, 0.5) is 0 Å². The number of rotatable bonds is 5. The molecule has 4 nitrogen and oxygen atoms in total. The third-order valence-corrected chi connectivity index (χ3v) is 4.11. The molecule has 0 saturated carbocycles. The summed E-state index contributed by atoms with van der Waals surface area (Å²) in [6, 6.07) is 0. The van der Waals surface area contributed by atoms with Crippen molar-refractivity contribution in [3.63, 3.8) is 0 Å². The Morgan fingerprint density at radius 1 is 1.19 bits per heavy atom. The largest absolute Gasteiger partial charge is 0.307 e. The number of nitrogens with one attached hydrogen (secondary N) is 1. The van der Waals surface area contributed by atoms with E-state index in [1.807, 2.05) is 19.3 Å². The van der Waals surface area contributed by atoms with Gasteiger partial charge in [0, 0.05) is 29.4 Å². The first kappa shape index (κ1) is 16.0. The fourth-order valence-corrected chi connectivity index (χ4v) is 2.89. The average molecular weight is 304 g/mol. The molecule has 2 heterocycles. The number of aryl methyl sites for hydroxylation is 2. The van der Waals surface area contributed by atoms with Gasteiger partial charge in [-0.15, -0.1) is 11.3 Å². The maximum Gasteiger partial charge on any atom is 0.188 e. The van der Waals surface area contributed by atoms with Crippen LogP contribution in [0, 0.1) is 6.92 Å². The van der Waals surface area contributed by atoms with Crippen LogP contribution in [0.1, 0.15) is 50.3 Å². The molecule has 21 heavy (non-hydrogen) atoms. The molecule has 0 amide bonds. The quantitative estimate of drug-likeness (QED) is 0.914. The van der Waals surface area contributed by atoms with E-state index in [1.54, 1.807) is 11.3 Å². The van der Waals surface area contributed by atoms with Gasteiger partial charge in [0.1, 0.15) is 0 Å². The number of nitrogens with zero attached hydrogens (tertiary/aromatic N) is 3. The summed E-state index contributed by atoms with van der Waals surface area (Å²) >= 11 is 1.70. The third kappa shape index (κ3) is 4.58. The van der Waals surface area contributed by atoms with Crippen LogP contribution in [0.25, 0.3) is 10.8 Å². The van der Waals surface area contributed by atoms with Crippen molar-refractivity contribution in [2.45, 2.75) is 59.5 Å². The van der Waals surface area contributed by atoms with Crippen LogP contribution in [0.15, 0.2) is 12.4 Å². The van der Waals surface area contributed by atoms with Crippen LogP contribution in [0.2, 0.25) is 0 Å². The molecule has 0 unspecified atom stereocenters. The fraction of sp³-hybridized carbons (Fsp3) is 0.562. The Labute approximate surface area is 131 Å². The summed E-state index contributed by atoms with van der Waals surface area (Å²) in [5.74, 6) is 0.727. The van der Waals surface area contributed by atoms with Gasteiger partial charge in [0.15, 0.2) is 10.8 Å². The second-order valence-corrected chi connectivity index (χ2v) is 7.41. The SMILES string of the molecule is CCCc1nc(-c2ncc(C)cn2)sc1CNC(C)(C)C. The predicted molar refractivity (Wildman–Crippen MR) is 88.5 cm³/mol. The monoisotopic (exact) mass is 304 g/mol. The van der Waals surface area contributed by atoms with Crippen LogP contribution in [-0.2, 0) is 13.0 Å². The minimum Gasteiger partial charge on any atom is -0.307 e. The molecular weight excluding hydrogens is 280 g/mol. The number of thiazole rings is 1. The van der Waals surface area contributed by atoms with Crippen LogP contribution in [-0.4, -0.2) is 20.5 Å². The summed E-state index contributed by atoms with van der Waals surface area (Å²) in [4.78, 5) is 14.8. The maximum atomic E-state index is 4.75. The summed E-state index contributed by atoms with van der Waals surface area (Å²) in [5, 5.41) is 4.46. The second-order valence-electron chi connectivity index (χ2n) is 6.33. The molecule has 0 saturated heterocycles. The van der Waals surface area contributed by atoms with E-state index in [1.165, 1.54) is 10.6 Å². The zero-order chi connectivity index (χ0) is 15.5. The smallest absolute Gasteiger partial charge is 0.188 e. The summed E-state index contributed by atoms with van der Waals surface area (Å²) < 4.78 is 0. The summed E-state index contributed by atoms with van der Waals surface area (Å²) in [6.07, 6.45) is 5.79. The summed E-state index contributed by atoms with van der Waals surface area (Å²) in [7, 11) is 0. The van der Waals surface area contributed by atoms with Gasteiger partial charge in [0.25, 0.3) is 0 Å².